The standard InChI is InChI=1S/C13H11ClN4/c1-8-9-5-3-4-6-10(9)18(2)13-11(17-8)12(14)15-7-16-13/h3-7H,1-2H3. The van der Waals surface area contributed by atoms with E-state index in [1.54, 1.807) is 0 Å². The first-order valence-corrected chi connectivity index (χ1v) is 5.95. The van der Waals surface area contributed by atoms with Crippen molar-refractivity contribution in [2.75, 3.05) is 11.9 Å². The molecule has 0 saturated carbocycles. The number of aliphatic imine (C=N–C) groups is 1. The minimum absolute atomic E-state index is 0.374. The molecule has 0 bridgehead atoms. The molecule has 18 heavy (non-hydrogen) atoms. The molecule has 0 spiro atoms. The number of para-hydroxylation sites is 1. The fraction of sp³-hybridized carbons (Fsp3) is 0.154. The van der Waals surface area contributed by atoms with Crippen LogP contribution in [0.3, 0.4) is 0 Å². The largest absolute Gasteiger partial charge is 0.327 e. The van der Waals surface area contributed by atoms with Crippen molar-refractivity contribution < 1.29 is 0 Å². The van der Waals surface area contributed by atoms with Crippen LogP contribution in [0, 0.1) is 0 Å². The zero-order chi connectivity index (χ0) is 12.7. The Balaban J connectivity index is 2.35. The van der Waals surface area contributed by atoms with Crippen molar-refractivity contribution in [3.63, 3.8) is 0 Å². The van der Waals surface area contributed by atoms with Gasteiger partial charge in [-0.1, -0.05) is 29.8 Å². The number of aromatic nitrogens is 2. The highest BCUT2D eigenvalue weighted by Crippen LogP contribution is 2.39. The van der Waals surface area contributed by atoms with Gasteiger partial charge in [0.15, 0.2) is 11.0 Å². The summed E-state index contributed by atoms with van der Waals surface area (Å²) in [6.07, 6.45) is 1.45. The van der Waals surface area contributed by atoms with Crippen LogP contribution in [-0.4, -0.2) is 22.7 Å². The van der Waals surface area contributed by atoms with E-state index in [2.05, 4.69) is 15.0 Å². The van der Waals surface area contributed by atoms with Gasteiger partial charge in [-0.3, -0.25) is 0 Å². The third-order valence-electron chi connectivity index (χ3n) is 3.01. The van der Waals surface area contributed by atoms with Gasteiger partial charge >= 0.3 is 0 Å². The molecule has 0 radical (unpaired) electrons. The summed E-state index contributed by atoms with van der Waals surface area (Å²) < 4.78 is 0. The van der Waals surface area contributed by atoms with Crippen LogP contribution in [0.4, 0.5) is 17.2 Å². The lowest BCUT2D eigenvalue weighted by Gasteiger charge is -2.19. The topological polar surface area (TPSA) is 41.4 Å². The number of halogens is 1. The van der Waals surface area contributed by atoms with Crippen molar-refractivity contribution in [1.82, 2.24) is 9.97 Å². The Morgan fingerprint density at radius 2 is 1.94 bits per heavy atom. The molecular formula is C13H11ClN4. The maximum Gasteiger partial charge on any atom is 0.163 e. The van der Waals surface area contributed by atoms with E-state index in [-0.39, 0.29) is 0 Å². The lowest BCUT2D eigenvalue weighted by atomic mass is 10.1. The molecule has 3 rings (SSSR count). The second-order valence-corrected chi connectivity index (χ2v) is 4.47. The maximum atomic E-state index is 6.10. The Bertz CT molecular complexity index is 651. The van der Waals surface area contributed by atoms with Crippen LogP contribution >= 0.6 is 11.6 Å². The second kappa shape index (κ2) is 4.07. The van der Waals surface area contributed by atoms with Crippen molar-refractivity contribution in [2.45, 2.75) is 6.92 Å². The monoisotopic (exact) mass is 258 g/mol. The molecule has 4 nitrogen and oxygen atoms in total. The first-order chi connectivity index (χ1) is 8.68. The molecular weight excluding hydrogens is 248 g/mol. The van der Waals surface area contributed by atoms with Crippen LogP contribution in [0.2, 0.25) is 5.15 Å². The summed E-state index contributed by atoms with van der Waals surface area (Å²) in [4.78, 5) is 14.8. The average Bonchev–Trinajstić information content (AvgIpc) is 2.49. The molecule has 2 heterocycles. The molecule has 1 aliphatic heterocycles. The van der Waals surface area contributed by atoms with Gasteiger partial charge in [-0.25, -0.2) is 15.0 Å². The molecule has 5 heteroatoms. The number of hydrogen-bond acceptors (Lipinski definition) is 4. The highest BCUT2D eigenvalue weighted by molar-refractivity contribution is 6.32. The van der Waals surface area contributed by atoms with Crippen LogP contribution in [-0.2, 0) is 0 Å². The molecule has 1 aliphatic rings. The molecule has 0 atom stereocenters. The molecule has 0 saturated heterocycles. The van der Waals surface area contributed by atoms with Gasteiger partial charge in [0.2, 0.25) is 0 Å². The van der Waals surface area contributed by atoms with Crippen molar-refractivity contribution in [3.8, 4) is 0 Å². The van der Waals surface area contributed by atoms with Crippen LogP contribution in [0.15, 0.2) is 35.6 Å². The summed E-state index contributed by atoms with van der Waals surface area (Å²) in [6, 6.07) is 8.07. The summed E-state index contributed by atoms with van der Waals surface area (Å²) >= 11 is 6.10. The predicted molar refractivity (Wildman–Crippen MR) is 73.4 cm³/mol. The molecule has 0 aliphatic carbocycles. The van der Waals surface area contributed by atoms with E-state index < -0.39 is 0 Å². The molecule has 0 fully saturated rings. The van der Waals surface area contributed by atoms with Crippen molar-refractivity contribution in [2.24, 2.45) is 4.99 Å². The molecule has 0 N–H and O–H groups in total. The molecule has 1 aromatic carbocycles. The Morgan fingerprint density at radius 1 is 1.17 bits per heavy atom. The number of anilines is 2. The summed E-state index contributed by atoms with van der Waals surface area (Å²) in [5, 5.41) is 0.374. The maximum absolute atomic E-state index is 6.10. The van der Waals surface area contributed by atoms with Gasteiger partial charge in [0.1, 0.15) is 12.0 Å². The van der Waals surface area contributed by atoms with Gasteiger partial charge in [-0.05, 0) is 13.0 Å². The van der Waals surface area contributed by atoms with E-state index >= 15 is 0 Å². The van der Waals surface area contributed by atoms with E-state index in [9.17, 15) is 0 Å². The Hall–Kier alpha value is -1.94. The number of fused-ring (bicyclic) bond motifs is 2. The normalized spacial score (nSPS) is 13.5. The zero-order valence-electron chi connectivity index (χ0n) is 10.1. The highest BCUT2D eigenvalue weighted by Gasteiger charge is 2.21. The third kappa shape index (κ3) is 1.57. The smallest absolute Gasteiger partial charge is 0.163 e. The fourth-order valence-electron chi connectivity index (χ4n) is 2.10. The van der Waals surface area contributed by atoms with E-state index in [4.69, 9.17) is 11.6 Å². The number of rotatable bonds is 0. The third-order valence-corrected chi connectivity index (χ3v) is 3.29. The van der Waals surface area contributed by atoms with Crippen molar-refractivity contribution in [1.29, 1.82) is 0 Å². The Labute approximate surface area is 110 Å². The summed E-state index contributed by atoms with van der Waals surface area (Å²) in [7, 11) is 1.95. The summed E-state index contributed by atoms with van der Waals surface area (Å²) in [6.45, 7) is 1.96. The predicted octanol–water partition coefficient (Wildman–Crippen LogP) is 3.35. The van der Waals surface area contributed by atoms with E-state index in [0.29, 0.717) is 10.8 Å². The van der Waals surface area contributed by atoms with Gasteiger partial charge in [-0.15, -0.1) is 0 Å². The molecule has 90 valence electrons. The minimum atomic E-state index is 0.374. The second-order valence-electron chi connectivity index (χ2n) is 4.11. The number of nitrogens with zero attached hydrogens (tertiary/aromatic N) is 4. The van der Waals surface area contributed by atoms with Gasteiger partial charge in [-0.2, -0.15) is 0 Å². The van der Waals surface area contributed by atoms with Crippen LogP contribution in [0.25, 0.3) is 0 Å². The zero-order valence-corrected chi connectivity index (χ0v) is 10.8. The molecule has 2 aromatic rings. The molecule has 0 unspecified atom stereocenters. The first-order valence-electron chi connectivity index (χ1n) is 5.57. The van der Waals surface area contributed by atoms with Crippen molar-refractivity contribution >= 4 is 34.5 Å². The summed E-state index contributed by atoms with van der Waals surface area (Å²) in [5.41, 5.74) is 3.67. The van der Waals surface area contributed by atoms with E-state index in [1.165, 1.54) is 6.33 Å². The van der Waals surface area contributed by atoms with Crippen LogP contribution in [0.5, 0.6) is 0 Å². The van der Waals surface area contributed by atoms with E-state index in [1.807, 2.05) is 43.1 Å². The quantitative estimate of drug-likeness (QED) is 0.681. The van der Waals surface area contributed by atoms with Gasteiger partial charge < -0.3 is 4.90 Å². The van der Waals surface area contributed by atoms with Crippen LogP contribution in [0.1, 0.15) is 12.5 Å². The Morgan fingerprint density at radius 3 is 2.78 bits per heavy atom. The number of benzene rings is 1. The van der Waals surface area contributed by atoms with Crippen molar-refractivity contribution in [3.05, 3.63) is 41.3 Å². The van der Waals surface area contributed by atoms with Crippen LogP contribution < -0.4 is 4.90 Å². The average molecular weight is 259 g/mol. The number of hydrogen-bond donors (Lipinski definition) is 0. The van der Waals surface area contributed by atoms with Gasteiger partial charge in [0, 0.05) is 18.3 Å². The van der Waals surface area contributed by atoms with Gasteiger partial charge in [0.25, 0.3) is 0 Å². The molecule has 1 aromatic heterocycles. The van der Waals surface area contributed by atoms with Gasteiger partial charge in [0.05, 0.1) is 5.69 Å². The fourth-order valence-corrected chi connectivity index (χ4v) is 2.27. The first kappa shape index (κ1) is 11.2. The minimum Gasteiger partial charge on any atom is -0.327 e. The SMILES string of the molecule is CC1=Nc2c(Cl)ncnc2N(C)c2ccccc21. The Kier molecular flexibility index (Phi) is 2.52. The lowest BCUT2D eigenvalue weighted by Crippen LogP contribution is -2.13. The highest BCUT2D eigenvalue weighted by atomic mass is 35.5. The van der Waals surface area contributed by atoms with E-state index in [0.717, 1.165) is 22.8 Å². The summed E-state index contributed by atoms with van der Waals surface area (Å²) in [5.74, 6) is 0.722. The lowest BCUT2D eigenvalue weighted by molar-refractivity contribution is 1.08. The molecule has 0 amide bonds.